The summed E-state index contributed by atoms with van der Waals surface area (Å²) in [6, 6.07) is 0. The van der Waals surface area contributed by atoms with Crippen molar-refractivity contribution in [1.29, 1.82) is 0 Å². The number of carbonyl (C=O) groups is 1. The second-order valence-electron chi connectivity index (χ2n) is 2.23. The second-order valence-corrected chi connectivity index (χ2v) is 3.01. The van der Waals surface area contributed by atoms with Gasteiger partial charge in [-0.15, -0.1) is 0 Å². The van der Waals surface area contributed by atoms with Crippen LogP contribution in [0, 0.1) is 0 Å². The minimum atomic E-state index is -1.11. The maximum Gasteiger partial charge on any atom is 0.384 e. The van der Waals surface area contributed by atoms with Crippen molar-refractivity contribution in [1.82, 2.24) is 9.97 Å². The van der Waals surface area contributed by atoms with Crippen molar-refractivity contribution in [3.8, 4) is 0 Å². The zero-order valence-corrected chi connectivity index (χ0v) is 8.39. The van der Waals surface area contributed by atoms with E-state index in [1.165, 1.54) is 18.0 Å². The van der Waals surface area contributed by atoms with Crippen molar-refractivity contribution >= 4 is 23.5 Å². The Morgan fingerprint density at radius 3 is 2.93 bits per heavy atom. The Morgan fingerprint density at radius 2 is 2.43 bits per heavy atom. The molecule has 1 aromatic heterocycles. The van der Waals surface area contributed by atoms with E-state index in [1.807, 2.05) is 0 Å². The first kappa shape index (κ1) is 10.7. The summed E-state index contributed by atoms with van der Waals surface area (Å²) in [6.07, 6.45) is 3.01. The third-order valence-corrected chi connectivity index (χ3v) is 2.04. The van der Waals surface area contributed by atoms with Crippen LogP contribution in [0.15, 0.2) is 11.4 Å². The third kappa shape index (κ3) is 2.11. The zero-order valence-electron chi connectivity index (χ0n) is 7.57. The Labute approximate surface area is 84.0 Å². The van der Waals surface area contributed by atoms with Gasteiger partial charge >= 0.3 is 5.97 Å². The molecule has 1 heterocycles. The molecule has 0 atom stereocenters. The first-order valence-corrected chi connectivity index (χ1v) is 4.87. The summed E-state index contributed by atoms with van der Waals surface area (Å²) >= 11 is 1.32. The van der Waals surface area contributed by atoms with Gasteiger partial charge in [0.1, 0.15) is 11.4 Å². The van der Waals surface area contributed by atoms with Crippen LogP contribution in [0.25, 0.3) is 0 Å². The number of nitrogens with zero attached hydrogens (tertiary/aromatic N) is 2. The van der Waals surface area contributed by atoms with Gasteiger partial charge in [-0.05, 0) is 6.26 Å². The lowest BCUT2D eigenvalue weighted by molar-refractivity contribution is -0.0787. The first-order chi connectivity index (χ1) is 6.72. The summed E-state index contributed by atoms with van der Waals surface area (Å²) < 4.78 is 11.6. The van der Waals surface area contributed by atoms with E-state index in [4.69, 9.17) is 0 Å². The predicted molar refractivity (Wildman–Crippen MR) is 49.9 cm³/mol. The monoisotopic (exact) mass is 217 g/mol. The Balaban J connectivity index is 3.11. The maximum atomic E-state index is 11.6. The molecule has 1 N–H and O–H groups in total. The molecule has 14 heavy (non-hydrogen) atoms. The van der Waals surface area contributed by atoms with Gasteiger partial charge in [0.2, 0.25) is 0 Å². The molecule has 7 heteroatoms. The zero-order chi connectivity index (χ0) is 10.6. The minimum Gasteiger partial charge on any atom is -0.372 e. The van der Waals surface area contributed by atoms with Crippen LogP contribution in [0.1, 0.15) is 10.4 Å². The number of hydrogen-bond donors (Lipinski definition) is 1. The quantitative estimate of drug-likeness (QED) is 0.607. The minimum absolute atomic E-state index is 0.0344. The largest absolute Gasteiger partial charge is 0.384 e. The lowest BCUT2D eigenvalue weighted by Gasteiger charge is -2.04. The lowest BCUT2D eigenvalue weighted by atomic mass is 10.3. The highest BCUT2D eigenvalue weighted by molar-refractivity contribution is 7.98. The number of aromatic nitrogens is 2. The lowest BCUT2D eigenvalue weighted by Crippen LogP contribution is -2.07. The standard InChI is InChI=1S/C7H8FN3O2S/c1-9-5-4(6(12)13-8)3-10-7(11-5)14-2/h3H,1-2H3,(H,9,10,11). The summed E-state index contributed by atoms with van der Waals surface area (Å²) in [5, 5.41) is 3.14. The summed E-state index contributed by atoms with van der Waals surface area (Å²) in [7, 11) is 1.57. The number of carbonyl (C=O) groups excluding carboxylic acids is 1. The number of rotatable bonds is 3. The van der Waals surface area contributed by atoms with E-state index in [2.05, 4.69) is 20.2 Å². The van der Waals surface area contributed by atoms with Gasteiger partial charge in [0.25, 0.3) is 0 Å². The molecular weight excluding hydrogens is 209 g/mol. The van der Waals surface area contributed by atoms with Crippen LogP contribution in [0.2, 0.25) is 0 Å². The molecular formula is C7H8FN3O2S. The van der Waals surface area contributed by atoms with Crippen molar-refractivity contribution in [3.05, 3.63) is 11.8 Å². The highest BCUT2D eigenvalue weighted by atomic mass is 32.2. The fourth-order valence-electron chi connectivity index (χ4n) is 0.846. The molecule has 0 fully saturated rings. The highest BCUT2D eigenvalue weighted by Gasteiger charge is 2.15. The fraction of sp³-hybridized carbons (Fsp3) is 0.286. The highest BCUT2D eigenvalue weighted by Crippen LogP contribution is 2.16. The van der Waals surface area contributed by atoms with Gasteiger partial charge in [-0.1, -0.05) is 11.8 Å². The van der Waals surface area contributed by atoms with Crippen molar-refractivity contribution in [2.45, 2.75) is 5.16 Å². The molecule has 0 bridgehead atoms. The SMILES string of the molecule is CNc1nc(SC)ncc1C(=O)OF. The fourth-order valence-corrected chi connectivity index (χ4v) is 1.19. The van der Waals surface area contributed by atoms with Crippen LogP contribution in [0.5, 0.6) is 0 Å². The molecule has 0 radical (unpaired) electrons. The maximum absolute atomic E-state index is 11.6. The molecule has 0 unspecified atom stereocenters. The van der Waals surface area contributed by atoms with Crippen molar-refractivity contribution < 1.29 is 14.3 Å². The first-order valence-electron chi connectivity index (χ1n) is 3.64. The Kier molecular flexibility index (Phi) is 3.63. The second kappa shape index (κ2) is 4.75. The molecule has 0 amide bonds. The van der Waals surface area contributed by atoms with Gasteiger partial charge in [0.05, 0.1) is 0 Å². The van der Waals surface area contributed by atoms with Crippen LogP contribution in [-0.4, -0.2) is 29.2 Å². The van der Waals surface area contributed by atoms with E-state index in [0.29, 0.717) is 5.16 Å². The Bertz CT molecular complexity index is 348. The van der Waals surface area contributed by atoms with Crippen molar-refractivity contribution in [3.63, 3.8) is 0 Å². The molecule has 0 saturated heterocycles. The van der Waals surface area contributed by atoms with Gasteiger partial charge < -0.3 is 5.32 Å². The number of nitrogens with one attached hydrogen (secondary N) is 1. The molecule has 0 aliphatic rings. The molecule has 0 aliphatic heterocycles. The average molecular weight is 217 g/mol. The van der Waals surface area contributed by atoms with Crippen LogP contribution >= 0.6 is 11.8 Å². The summed E-state index contributed by atoms with van der Waals surface area (Å²) in [5.41, 5.74) is -0.0344. The number of halogens is 1. The summed E-state index contributed by atoms with van der Waals surface area (Å²) in [4.78, 5) is 21.7. The summed E-state index contributed by atoms with van der Waals surface area (Å²) in [5.74, 6) is -0.867. The Hall–Kier alpha value is -1.37. The van der Waals surface area contributed by atoms with Crippen molar-refractivity contribution in [2.24, 2.45) is 0 Å². The van der Waals surface area contributed by atoms with E-state index in [0.717, 1.165) is 0 Å². The molecule has 0 aliphatic carbocycles. The van der Waals surface area contributed by atoms with Gasteiger partial charge in [-0.3, -0.25) is 0 Å². The number of hydrogen-bond acceptors (Lipinski definition) is 6. The predicted octanol–water partition coefficient (Wildman–Crippen LogP) is 1.28. The van der Waals surface area contributed by atoms with E-state index < -0.39 is 5.97 Å². The molecule has 5 nitrogen and oxygen atoms in total. The van der Waals surface area contributed by atoms with Gasteiger partial charge in [-0.25, -0.2) is 19.7 Å². The van der Waals surface area contributed by atoms with E-state index >= 15 is 0 Å². The summed E-state index contributed by atoms with van der Waals surface area (Å²) in [6.45, 7) is 0. The molecule has 1 rings (SSSR count). The van der Waals surface area contributed by atoms with E-state index in [9.17, 15) is 9.32 Å². The van der Waals surface area contributed by atoms with Gasteiger partial charge in [0.15, 0.2) is 5.16 Å². The van der Waals surface area contributed by atoms with Crippen LogP contribution in [0.3, 0.4) is 0 Å². The number of thioether (sulfide) groups is 1. The smallest absolute Gasteiger partial charge is 0.372 e. The van der Waals surface area contributed by atoms with E-state index in [1.54, 1.807) is 13.3 Å². The van der Waals surface area contributed by atoms with Crippen LogP contribution in [0.4, 0.5) is 10.3 Å². The molecule has 76 valence electrons. The molecule has 0 saturated carbocycles. The topological polar surface area (TPSA) is 64.1 Å². The van der Waals surface area contributed by atoms with Crippen LogP contribution < -0.4 is 5.32 Å². The van der Waals surface area contributed by atoms with Gasteiger partial charge in [-0.2, -0.15) is 0 Å². The van der Waals surface area contributed by atoms with E-state index in [-0.39, 0.29) is 11.4 Å². The van der Waals surface area contributed by atoms with Crippen molar-refractivity contribution in [2.75, 3.05) is 18.6 Å². The number of anilines is 1. The normalized spacial score (nSPS) is 9.64. The molecule has 0 aromatic carbocycles. The average Bonchev–Trinajstić information content (AvgIpc) is 2.27. The van der Waals surface area contributed by atoms with Gasteiger partial charge in [0, 0.05) is 17.8 Å². The Morgan fingerprint density at radius 1 is 1.71 bits per heavy atom. The van der Waals surface area contributed by atoms with Crippen LogP contribution in [-0.2, 0) is 4.94 Å². The molecule has 1 aromatic rings. The third-order valence-electron chi connectivity index (χ3n) is 1.48. The molecule has 0 spiro atoms.